The van der Waals surface area contributed by atoms with Gasteiger partial charge in [0.1, 0.15) is 0 Å². The van der Waals surface area contributed by atoms with Gasteiger partial charge in [-0.2, -0.15) is 0 Å². The number of allylic oxidation sites excluding steroid dienone is 2. The van der Waals surface area contributed by atoms with Crippen LogP contribution in [0.5, 0.6) is 0 Å². The van der Waals surface area contributed by atoms with Gasteiger partial charge in [0.25, 0.3) is 0 Å². The van der Waals surface area contributed by atoms with Crippen molar-refractivity contribution in [3.8, 4) is 0 Å². The molecule has 0 bridgehead atoms. The summed E-state index contributed by atoms with van der Waals surface area (Å²) in [7, 11) is -4.30. The van der Waals surface area contributed by atoms with E-state index in [9.17, 15) is 19.5 Å². The van der Waals surface area contributed by atoms with Crippen molar-refractivity contribution in [2.45, 2.75) is 77.8 Å². The average molecular weight is 292 g/mol. The second-order valence-electron chi connectivity index (χ2n) is 5.06. The van der Waals surface area contributed by atoms with Gasteiger partial charge in [0, 0.05) is 6.42 Å². The molecule has 0 aromatic heterocycles. The van der Waals surface area contributed by atoms with Crippen LogP contribution in [0.15, 0.2) is 11.3 Å². The summed E-state index contributed by atoms with van der Waals surface area (Å²) in [6.45, 7) is 7.55. The highest BCUT2D eigenvalue weighted by molar-refractivity contribution is 7.53. The zero-order valence-corrected chi connectivity index (χ0v) is 13.5. The Morgan fingerprint density at radius 2 is 1.53 bits per heavy atom. The van der Waals surface area contributed by atoms with Crippen LogP contribution in [0, 0.1) is 0 Å². The fourth-order valence-electron chi connectivity index (χ4n) is 2.65. The molecule has 0 saturated carbocycles. The van der Waals surface area contributed by atoms with Gasteiger partial charge in [-0.1, -0.05) is 34.1 Å². The van der Waals surface area contributed by atoms with E-state index in [1.807, 2.05) is 13.8 Å². The molecule has 0 radical (unpaired) electrons. The largest absolute Gasteiger partial charge is 0.512 e. The predicted molar refractivity (Wildman–Crippen MR) is 79.4 cm³/mol. The van der Waals surface area contributed by atoms with Gasteiger partial charge in [-0.05, 0) is 37.7 Å². The first-order valence-electron chi connectivity index (χ1n) is 7.27. The fraction of sp³-hybridized carbons (Fsp3) is 0.857. The molecule has 0 atom stereocenters. The predicted octanol–water partition coefficient (Wildman–Crippen LogP) is 4.53. The summed E-state index contributed by atoms with van der Waals surface area (Å²) < 4.78 is 12.0. The minimum atomic E-state index is -4.30. The number of aliphatic hydroxyl groups excluding tert-OH is 1. The summed E-state index contributed by atoms with van der Waals surface area (Å²) in [5.74, 6) is 0.183. The molecule has 0 amide bonds. The van der Waals surface area contributed by atoms with Gasteiger partial charge in [0.15, 0.2) is 0 Å². The first kappa shape index (κ1) is 18.7. The molecule has 0 aromatic carbocycles. The van der Waals surface area contributed by atoms with Crippen molar-refractivity contribution in [3.05, 3.63) is 11.3 Å². The van der Waals surface area contributed by atoms with Crippen LogP contribution in [0.2, 0.25) is 0 Å². The van der Waals surface area contributed by atoms with Gasteiger partial charge in [0.05, 0.1) is 10.9 Å². The molecule has 5 heteroatoms. The van der Waals surface area contributed by atoms with Gasteiger partial charge in [-0.25, -0.2) is 0 Å². The Hall–Kier alpha value is -0.310. The molecule has 0 heterocycles. The zero-order valence-electron chi connectivity index (χ0n) is 12.6. The second-order valence-corrected chi connectivity index (χ2v) is 7.01. The Balaban J connectivity index is 5.76. The molecule has 0 fully saturated rings. The molecule has 0 unspecified atom stereocenters. The van der Waals surface area contributed by atoms with Crippen molar-refractivity contribution < 1.29 is 19.5 Å². The van der Waals surface area contributed by atoms with Crippen LogP contribution >= 0.6 is 7.60 Å². The standard InChI is InChI=1S/C14H29O4P/c1-5-9-11-12(13(15)10-6-2)14(7-3,8-4)19(16,17)18/h15H,5-11H2,1-4H3,(H2,16,17,18). The van der Waals surface area contributed by atoms with Gasteiger partial charge < -0.3 is 14.9 Å². The highest BCUT2D eigenvalue weighted by atomic mass is 31.2. The number of unbranched alkanes of at least 4 members (excludes halogenated alkanes) is 1. The van der Waals surface area contributed by atoms with Gasteiger partial charge in [0.2, 0.25) is 0 Å². The van der Waals surface area contributed by atoms with E-state index in [4.69, 9.17) is 0 Å². The summed E-state index contributed by atoms with van der Waals surface area (Å²) in [5, 5.41) is 9.04. The highest BCUT2D eigenvalue weighted by Gasteiger charge is 2.47. The van der Waals surface area contributed by atoms with E-state index >= 15 is 0 Å². The van der Waals surface area contributed by atoms with Crippen molar-refractivity contribution in [1.82, 2.24) is 0 Å². The lowest BCUT2D eigenvalue weighted by Crippen LogP contribution is -2.31. The van der Waals surface area contributed by atoms with Gasteiger partial charge in [-0.3, -0.25) is 4.57 Å². The summed E-state index contributed by atoms with van der Waals surface area (Å²) in [5.41, 5.74) is 0.578. The smallest absolute Gasteiger partial charge is 0.335 e. The minimum Gasteiger partial charge on any atom is -0.512 e. The summed E-state index contributed by atoms with van der Waals surface area (Å²) in [4.78, 5) is 19.6. The van der Waals surface area contributed by atoms with E-state index in [0.29, 0.717) is 31.3 Å². The molecule has 3 N–H and O–H groups in total. The Morgan fingerprint density at radius 1 is 1.00 bits per heavy atom. The maximum atomic E-state index is 12.0. The number of hydrogen-bond donors (Lipinski definition) is 3. The van der Waals surface area contributed by atoms with Crippen molar-refractivity contribution in [1.29, 1.82) is 0 Å². The van der Waals surface area contributed by atoms with E-state index < -0.39 is 12.8 Å². The molecule has 0 aliphatic rings. The highest BCUT2D eigenvalue weighted by Crippen LogP contribution is 2.59. The molecule has 0 spiro atoms. The van der Waals surface area contributed by atoms with Crippen molar-refractivity contribution in [2.24, 2.45) is 0 Å². The van der Waals surface area contributed by atoms with Crippen LogP contribution in [0.4, 0.5) is 0 Å². The lowest BCUT2D eigenvalue weighted by molar-refractivity contribution is 0.310. The Bertz CT molecular complexity index is 339. The molecular weight excluding hydrogens is 263 g/mol. The molecule has 19 heavy (non-hydrogen) atoms. The number of hydrogen-bond acceptors (Lipinski definition) is 2. The van der Waals surface area contributed by atoms with E-state index in [-0.39, 0.29) is 5.76 Å². The quantitative estimate of drug-likeness (QED) is 0.431. The molecule has 0 rings (SSSR count). The van der Waals surface area contributed by atoms with E-state index in [1.165, 1.54) is 0 Å². The fourth-order valence-corrected chi connectivity index (χ4v) is 4.07. The number of aliphatic hydroxyl groups is 1. The molecule has 0 aliphatic carbocycles. The third kappa shape index (κ3) is 4.34. The van der Waals surface area contributed by atoms with Crippen LogP contribution in [0.3, 0.4) is 0 Å². The molecular formula is C14H29O4P. The summed E-state index contributed by atoms with van der Waals surface area (Å²) >= 11 is 0. The van der Waals surface area contributed by atoms with Crippen LogP contribution in [-0.4, -0.2) is 20.0 Å². The molecule has 0 aromatic rings. The summed E-state index contributed by atoms with van der Waals surface area (Å²) in [6, 6.07) is 0. The van der Waals surface area contributed by atoms with Crippen molar-refractivity contribution >= 4 is 7.60 Å². The molecule has 0 saturated heterocycles. The first-order chi connectivity index (χ1) is 8.80. The van der Waals surface area contributed by atoms with E-state index in [2.05, 4.69) is 0 Å². The molecule has 114 valence electrons. The topological polar surface area (TPSA) is 77.8 Å². The van der Waals surface area contributed by atoms with E-state index in [0.717, 1.165) is 19.3 Å². The maximum Gasteiger partial charge on any atom is 0.335 e. The lowest BCUT2D eigenvalue weighted by Gasteiger charge is -2.35. The van der Waals surface area contributed by atoms with Crippen LogP contribution in [0.1, 0.15) is 72.6 Å². The van der Waals surface area contributed by atoms with E-state index in [1.54, 1.807) is 13.8 Å². The molecule has 0 aliphatic heterocycles. The maximum absolute atomic E-state index is 12.0. The van der Waals surface area contributed by atoms with Crippen LogP contribution in [-0.2, 0) is 4.57 Å². The normalized spacial score (nSPS) is 14.4. The van der Waals surface area contributed by atoms with Gasteiger partial charge in [-0.15, -0.1) is 0 Å². The third-order valence-corrected chi connectivity index (χ3v) is 5.92. The van der Waals surface area contributed by atoms with Crippen LogP contribution < -0.4 is 0 Å². The van der Waals surface area contributed by atoms with Crippen LogP contribution in [0.25, 0.3) is 0 Å². The Labute approximate surface area is 117 Å². The van der Waals surface area contributed by atoms with Gasteiger partial charge >= 0.3 is 7.60 Å². The number of rotatable bonds is 9. The Morgan fingerprint density at radius 3 is 1.84 bits per heavy atom. The SMILES string of the molecule is CCCCC(=C(O)CCC)C(CC)(CC)P(=O)(O)O. The molecule has 4 nitrogen and oxygen atoms in total. The lowest BCUT2D eigenvalue weighted by atomic mass is 9.87. The zero-order chi connectivity index (χ0) is 15.1. The minimum absolute atomic E-state index is 0.183. The van der Waals surface area contributed by atoms with Crippen molar-refractivity contribution in [3.63, 3.8) is 0 Å². The third-order valence-electron chi connectivity index (χ3n) is 3.90. The summed E-state index contributed by atoms with van der Waals surface area (Å²) in [6.07, 6.45) is 4.29. The monoisotopic (exact) mass is 292 g/mol. The second kappa shape index (κ2) is 8.08. The Kier molecular flexibility index (Phi) is 7.95. The average Bonchev–Trinajstić information content (AvgIpc) is 2.33. The van der Waals surface area contributed by atoms with Crippen molar-refractivity contribution in [2.75, 3.05) is 0 Å². The first-order valence-corrected chi connectivity index (χ1v) is 8.88.